The van der Waals surface area contributed by atoms with Crippen molar-refractivity contribution in [1.29, 1.82) is 0 Å². The summed E-state index contributed by atoms with van der Waals surface area (Å²) in [7, 11) is 0. The molecular formula is C27H30N6O. The second kappa shape index (κ2) is 9.27. The molecule has 0 spiro atoms. The summed E-state index contributed by atoms with van der Waals surface area (Å²) in [6.07, 6.45) is 1.82. The zero-order valence-corrected chi connectivity index (χ0v) is 20.0. The second-order valence-electron chi connectivity index (χ2n) is 9.12. The van der Waals surface area contributed by atoms with Gasteiger partial charge in [-0.1, -0.05) is 18.2 Å². The quantitative estimate of drug-likeness (QED) is 0.486. The molecule has 1 saturated heterocycles. The minimum absolute atomic E-state index is 0.0445. The minimum Gasteiger partial charge on any atom is -0.322 e. The summed E-state index contributed by atoms with van der Waals surface area (Å²) in [5.74, 6) is 0.969. The number of hydrogen-bond donors (Lipinski definition) is 1. The first-order chi connectivity index (χ1) is 16.5. The maximum absolute atomic E-state index is 12.7. The van der Waals surface area contributed by atoms with E-state index in [1.54, 1.807) is 0 Å². The molecule has 1 fully saturated rings. The van der Waals surface area contributed by atoms with Crippen LogP contribution in [0.3, 0.4) is 0 Å². The first-order valence-corrected chi connectivity index (χ1v) is 11.7. The number of imidazole rings is 1. The number of nitrogens with zero attached hydrogens (tertiary/aromatic N) is 5. The van der Waals surface area contributed by atoms with Crippen molar-refractivity contribution in [2.75, 3.05) is 31.5 Å². The summed E-state index contributed by atoms with van der Waals surface area (Å²) in [5, 5.41) is 3.02. The van der Waals surface area contributed by atoms with Gasteiger partial charge in [0, 0.05) is 43.8 Å². The molecule has 4 aromatic rings. The molecular weight excluding hydrogens is 424 g/mol. The van der Waals surface area contributed by atoms with Crippen LogP contribution in [0.4, 0.5) is 10.5 Å². The lowest BCUT2D eigenvalue weighted by Gasteiger charge is -2.34. The van der Waals surface area contributed by atoms with Crippen molar-refractivity contribution in [3.8, 4) is 5.69 Å². The van der Waals surface area contributed by atoms with Gasteiger partial charge >= 0.3 is 6.03 Å². The van der Waals surface area contributed by atoms with E-state index in [4.69, 9.17) is 4.98 Å². The predicted molar refractivity (Wildman–Crippen MR) is 135 cm³/mol. The van der Waals surface area contributed by atoms with Crippen molar-refractivity contribution in [3.05, 3.63) is 83.3 Å². The highest BCUT2D eigenvalue weighted by Gasteiger charge is 2.23. The van der Waals surface area contributed by atoms with Gasteiger partial charge in [0.05, 0.1) is 6.54 Å². The van der Waals surface area contributed by atoms with E-state index in [0.717, 1.165) is 47.0 Å². The predicted octanol–water partition coefficient (Wildman–Crippen LogP) is 4.70. The third kappa shape index (κ3) is 4.65. The zero-order chi connectivity index (χ0) is 23.7. The molecule has 1 aliphatic rings. The average molecular weight is 455 g/mol. The van der Waals surface area contributed by atoms with Gasteiger partial charge in [0.25, 0.3) is 0 Å². The van der Waals surface area contributed by atoms with E-state index in [2.05, 4.69) is 51.8 Å². The van der Waals surface area contributed by atoms with Gasteiger partial charge in [-0.3, -0.25) is 9.47 Å². The molecule has 2 aromatic heterocycles. The lowest BCUT2D eigenvalue weighted by molar-refractivity contribution is 0.140. The number of pyridine rings is 1. The highest BCUT2D eigenvalue weighted by molar-refractivity contribution is 5.89. The van der Waals surface area contributed by atoms with Crippen LogP contribution < -0.4 is 5.32 Å². The van der Waals surface area contributed by atoms with Crippen LogP contribution in [0.1, 0.15) is 22.5 Å². The average Bonchev–Trinajstić information content (AvgIpc) is 3.16. The van der Waals surface area contributed by atoms with Gasteiger partial charge in [-0.15, -0.1) is 0 Å². The molecule has 5 rings (SSSR count). The molecule has 0 saturated carbocycles. The number of aryl methyl sites for hydroxylation is 3. The number of carbonyl (C=O) groups is 1. The third-order valence-electron chi connectivity index (χ3n) is 6.24. The van der Waals surface area contributed by atoms with Crippen LogP contribution >= 0.6 is 0 Å². The fourth-order valence-corrected chi connectivity index (χ4v) is 4.65. The van der Waals surface area contributed by atoms with Crippen LogP contribution in [0, 0.1) is 20.8 Å². The van der Waals surface area contributed by atoms with E-state index in [9.17, 15) is 4.79 Å². The largest absolute Gasteiger partial charge is 0.322 e. The molecule has 0 unspecified atom stereocenters. The monoisotopic (exact) mass is 454 g/mol. The molecule has 2 aromatic carbocycles. The fourth-order valence-electron chi connectivity index (χ4n) is 4.65. The van der Waals surface area contributed by atoms with E-state index in [1.807, 2.05) is 54.4 Å². The summed E-state index contributed by atoms with van der Waals surface area (Å²) < 4.78 is 2.17. The van der Waals surface area contributed by atoms with Gasteiger partial charge < -0.3 is 10.2 Å². The second-order valence-corrected chi connectivity index (χ2v) is 9.12. The van der Waals surface area contributed by atoms with Crippen molar-refractivity contribution in [2.45, 2.75) is 27.3 Å². The Labute approximate surface area is 200 Å². The molecule has 1 aliphatic heterocycles. The lowest BCUT2D eigenvalue weighted by Crippen LogP contribution is -2.49. The number of rotatable bonds is 4. The van der Waals surface area contributed by atoms with Crippen LogP contribution in [0.15, 0.2) is 60.8 Å². The Bertz CT molecular complexity index is 1320. The van der Waals surface area contributed by atoms with Gasteiger partial charge in [-0.25, -0.2) is 14.8 Å². The fraction of sp³-hybridized carbons (Fsp3) is 0.296. The van der Waals surface area contributed by atoms with Crippen LogP contribution in [-0.4, -0.2) is 56.5 Å². The third-order valence-corrected chi connectivity index (χ3v) is 6.24. The Morgan fingerprint density at radius 2 is 1.68 bits per heavy atom. The minimum atomic E-state index is -0.0445. The van der Waals surface area contributed by atoms with Gasteiger partial charge in [0.15, 0.2) is 5.65 Å². The Morgan fingerprint density at radius 1 is 0.912 bits per heavy atom. The van der Waals surface area contributed by atoms with E-state index in [1.165, 1.54) is 11.1 Å². The van der Waals surface area contributed by atoms with E-state index < -0.39 is 0 Å². The lowest BCUT2D eigenvalue weighted by atomic mass is 10.1. The highest BCUT2D eigenvalue weighted by atomic mass is 16.2. The molecule has 174 valence electrons. The summed E-state index contributed by atoms with van der Waals surface area (Å²) >= 11 is 0. The maximum Gasteiger partial charge on any atom is 0.321 e. The number of aromatic nitrogens is 3. The standard InChI is InChI=1S/C27H30N6O/c1-19-6-4-7-22(15-19)29-27(34)32-12-10-31(11-13-32)18-25-30-24-8-5-9-28-26(24)33(25)23-16-20(2)14-21(3)17-23/h4-9,14-17H,10-13,18H2,1-3H3,(H,29,34). The molecule has 7 nitrogen and oxygen atoms in total. The number of fused-ring (bicyclic) bond motifs is 1. The number of amides is 2. The molecule has 0 bridgehead atoms. The number of piperazine rings is 1. The Balaban J connectivity index is 1.31. The first-order valence-electron chi connectivity index (χ1n) is 11.7. The summed E-state index contributed by atoms with van der Waals surface area (Å²) in [4.78, 5) is 26.5. The van der Waals surface area contributed by atoms with Crippen molar-refractivity contribution < 1.29 is 4.79 Å². The Morgan fingerprint density at radius 3 is 2.41 bits per heavy atom. The highest BCUT2D eigenvalue weighted by Crippen LogP contribution is 2.23. The number of nitrogens with one attached hydrogen (secondary N) is 1. The summed E-state index contributed by atoms with van der Waals surface area (Å²) in [6, 6.07) is 18.3. The molecule has 2 amide bonds. The summed E-state index contributed by atoms with van der Waals surface area (Å²) in [6.45, 7) is 9.91. The van der Waals surface area contributed by atoms with Crippen molar-refractivity contribution in [1.82, 2.24) is 24.3 Å². The zero-order valence-electron chi connectivity index (χ0n) is 20.0. The Kier molecular flexibility index (Phi) is 6.02. The number of carbonyl (C=O) groups excluding carboxylic acids is 1. The number of urea groups is 1. The topological polar surface area (TPSA) is 66.3 Å². The normalized spacial score (nSPS) is 14.5. The van der Waals surface area contributed by atoms with E-state index >= 15 is 0 Å². The van der Waals surface area contributed by atoms with Gasteiger partial charge in [-0.05, 0) is 73.9 Å². The van der Waals surface area contributed by atoms with Crippen LogP contribution in [-0.2, 0) is 6.54 Å². The molecule has 1 N–H and O–H groups in total. The molecule has 0 radical (unpaired) electrons. The maximum atomic E-state index is 12.7. The number of benzene rings is 2. The van der Waals surface area contributed by atoms with Crippen molar-refractivity contribution >= 4 is 22.9 Å². The molecule has 0 aliphatic carbocycles. The number of anilines is 1. The van der Waals surface area contributed by atoms with Crippen LogP contribution in [0.25, 0.3) is 16.9 Å². The summed E-state index contributed by atoms with van der Waals surface area (Å²) in [5.41, 5.74) is 7.25. The molecule has 34 heavy (non-hydrogen) atoms. The molecule has 0 atom stereocenters. The SMILES string of the molecule is Cc1cccc(NC(=O)N2CCN(Cc3nc4cccnc4n3-c3cc(C)cc(C)c3)CC2)c1. The first kappa shape index (κ1) is 22.1. The molecule has 7 heteroatoms. The molecule has 3 heterocycles. The van der Waals surface area contributed by atoms with Crippen molar-refractivity contribution in [3.63, 3.8) is 0 Å². The van der Waals surface area contributed by atoms with Crippen LogP contribution in [0.2, 0.25) is 0 Å². The Hall–Kier alpha value is -3.71. The van der Waals surface area contributed by atoms with Gasteiger partial charge in [0.2, 0.25) is 0 Å². The van der Waals surface area contributed by atoms with E-state index in [0.29, 0.717) is 19.6 Å². The van der Waals surface area contributed by atoms with Gasteiger partial charge in [-0.2, -0.15) is 0 Å². The smallest absolute Gasteiger partial charge is 0.321 e. The van der Waals surface area contributed by atoms with Gasteiger partial charge in [0.1, 0.15) is 11.3 Å². The van der Waals surface area contributed by atoms with Crippen molar-refractivity contribution in [2.24, 2.45) is 0 Å². The van der Waals surface area contributed by atoms with Crippen LogP contribution in [0.5, 0.6) is 0 Å². The number of hydrogen-bond acceptors (Lipinski definition) is 4. The van der Waals surface area contributed by atoms with E-state index in [-0.39, 0.29) is 6.03 Å².